The third-order valence-corrected chi connectivity index (χ3v) is 3.57. The molecule has 0 bridgehead atoms. The van der Waals surface area contributed by atoms with Gasteiger partial charge < -0.3 is 15.5 Å². The summed E-state index contributed by atoms with van der Waals surface area (Å²) in [6, 6.07) is 5.49. The second kappa shape index (κ2) is 6.86. The molecule has 0 spiro atoms. The molecule has 4 heteroatoms. The zero-order valence-corrected chi connectivity index (χ0v) is 11.5. The lowest BCUT2D eigenvalue weighted by Crippen LogP contribution is -2.33. The number of phenolic OH excluding ortho intramolecular Hbond substituents is 2. The lowest BCUT2D eigenvalue weighted by atomic mass is 9.94. The van der Waals surface area contributed by atoms with E-state index in [-0.39, 0.29) is 29.9 Å². The van der Waals surface area contributed by atoms with Gasteiger partial charge in [0, 0.05) is 23.7 Å². The van der Waals surface area contributed by atoms with Crippen molar-refractivity contribution in [1.29, 1.82) is 0 Å². The van der Waals surface area contributed by atoms with Gasteiger partial charge in [-0.3, -0.25) is 0 Å². The van der Waals surface area contributed by atoms with E-state index in [2.05, 4.69) is 12.2 Å². The average Bonchev–Trinajstić information content (AvgIpc) is 2.30. The monoisotopic (exact) mass is 271 g/mol. The predicted octanol–water partition coefficient (Wildman–Crippen LogP) is 3.50. The van der Waals surface area contributed by atoms with E-state index < -0.39 is 0 Å². The highest BCUT2D eigenvalue weighted by atomic mass is 35.5. The largest absolute Gasteiger partial charge is 0.508 e. The summed E-state index contributed by atoms with van der Waals surface area (Å²) < 4.78 is 0. The maximum absolute atomic E-state index is 9.79. The maximum Gasteiger partial charge on any atom is 0.124 e. The Balaban J connectivity index is 0.00000162. The van der Waals surface area contributed by atoms with Gasteiger partial charge in [0.25, 0.3) is 0 Å². The zero-order chi connectivity index (χ0) is 12.3. The average molecular weight is 272 g/mol. The molecular weight excluding hydrogens is 250 g/mol. The smallest absolute Gasteiger partial charge is 0.124 e. The number of hydrogen-bond acceptors (Lipinski definition) is 3. The van der Waals surface area contributed by atoms with E-state index >= 15 is 0 Å². The van der Waals surface area contributed by atoms with Crippen LogP contribution in [0.1, 0.15) is 50.6 Å². The number of hydrogen-bond donors (Lipinski definition) is 3. The van der Waals surface area contributed by atoms with Crippen molar-refractivity contribution in [2.24, 2.45) is 0 Å². The van der Waals surface area contributed by atoms with Crippen molar-refractivity contribution in [2.75, 3.05) is 0 Å². The molecule has 1 unspecified atom stereocenters. The molecule has 0 amide bonds. The van der Waals surface area contributed by atoms with Crippen LogP contribution in [-0.2, 0) is 0 Å². The van der Waals surface area contributed by atoms with Crippen molar-refractivity contribution < 1.29 is 10.2 Å². The van der Waals surface area contributed by atoms with Crippen LogP contribution in [0.25, 0.3) is 0 Å². The van der Waals surface area contributed by atoms with Crippen molar-refractivity contribution in [3.63, 3.8) is 0 Å². The van der Waals surface area contributed by atoms with Crippen LogP contribution in [-0.4, -0.2) is 16.3 Å². The molecule has 1 aromatic carbocycles. The van der Waals surface area contributed by atoms with Gasteiger partial charge in [-0.05, 0) is 25.8 Å². The molecule has 3 N–H and O–H groups in total. The van der Waals surface area contributed by atoms with Crippen molar-refractivity contribution in [3.05, 3.63) is 23.8 Å². The van der Waals surface area contributed by atoms with Crippen molar-refractivity contribution in [1.82, 2.24) is 5.32 Å². The van der Waals surface area contributed by atoms with E-state index in [1.165, 1.54) is 38.2 Å². The van der Waals surface area contributed by atoms with Gasteiger partial charge in [-0.15, -0.1) is 12.4 Å². The Morgan fingerprint density at radius 3 is 2.44 bits per heavy atom. The molecule has 1 aliphatic rings. The molecule has 1 aliphatic carbocycles. The Labute approximate surface area is 115 Å². The topological polar surface area (TPSA) is 52.5 Å². The minimum absolute atomic E-state index is 0. The van der Waals surface area contributed by atoms with Gasteiger partial charge in [-0.1, -0.05) is 25.3 Å². The van der Waals surface area contributed by atoms with Crippen LogP contribution in [0.3, 0.4) is 0 Å². The predicted molar refractivity (Wildman–Crippen MR) is 75.4 cm³/mol. The summed E-state index contributed by atoms with van der Waals surface area (Å²) in [6.07, 6.45) is 6.39. The number of aromatic hydroxyl groups is 2. The first-order valence-corrected chi connectivity index (χ1v) is 6.45. The molecule has 1 fully saturated rings. The molecule has 2 rings (SSSR count). The zero-order valence-electron chi connectivity index (χ0n) is 10.7. The molecule has 3 nitrogen and oxygen atoms in total. The fraction of sp³-hybridized carbons (Fsp3) is 0.571. The molecule has 0 aromatic heterocycles. The van der Waals surface area contributed by atoms with Crippen molar-refractivity contribution in [2.45, 2.75) is 51.1 Å². The molecule has 1 aromatic rings. The molecule has 18 heavy (non-hydrogen) atoms. The van der Waals surface area contributed by atoms with Crippen LogP contribution >= 0.6 is 12.4 Å². The number of rotatable bonds is 3. The van der Waals surface area contributed by atoms with Gasteiger partial charge in [0.15, 0.2) is 0 Å². The summed E-state index contributed by atoms with van der Waals surface area (Å²) in [7, 11) is 0. The first-order valence-electron chi connectivity index (χ1n) is 6.45. The van der Waals surface area contributed by atoms with E-state index in [0.717, 1.165) is 5.56 Å². The SMILES string of the molecule is CC(NC1CCCCC1)c1ccc(O)cc1O.Cl. The first-order chi connectivity index (χ1) is 8.16. The van der Waals surface area contributed by atoms with Gasteiger partial charge >= 0.3 is 0 Å². The molecule has 1 saturated carbocycles. The second-order valence-electron chi connectivity index (χ2n) is 4.97. The van der Waals surface area contributed by atoms with Crippen LogP contribution in [0.5, 0.6) is 11.5 Å². The molecule has 0 saturated heterocycles. The first kappa shape index (κ1) is 15.1. The van der Waals surface area contributed by atoms with Gasteiger partial charge in [-0.25, -0.2) is 0 Å². The van der Waals surface area contributed by atoms with E-state index in [1.807, 2.05) is 0 Å². The van der Waals surface area contributed by atoms with Crippen LogP contribution < -0.4 is 5.32 Å². The lowest BCUT2D eigenvalue weighted by Gasteiger charge is -2.27. The van der Waals surface area contributed by atoms with Gasteiger partial charge in [0.1, 0.15) is 11.5 Å². The molecule has 1 atom stereocenters. The van der Waals surface area contributed by atoms with Gasteiger partial charge in [0.05, 0.1) is 0 Å². The van der Waals surface area contributed by atoms with E-state index in [9.17, 15) is 10.2 Å². The van der Waals surface area contributed by atoms with Gasteiger partial charge in [0.2, 0.25) is 0 Å². The minimum Gasteiger partial charge on any atom is -0.508 e. The Hall–Kier alpha value is -0.930. The van der Waals surface area contributed by atoms with Crippen LogP contribution in [0, 0.1) is 0 Å². The molecule has 0 aliphatic heterocycles. The fourth-order valence-electron chi connectivity index (χ4n) is 2.61. The van der Waals surface area contributed by atoms with Crippen molar-refractivity contribution in [3.8, 4) is 11.5 Å². The summed E-state index contributed by atoms with van der Waals surface area (Å²) in [6.45, 7) is 2.06. The van der Waals surface area contributed by atoms with E-state index in [0.29, 0.717) is 6.04 Å². The summed E-state index contributed by atoms with van der Waals surface area (Å²) in [4.78, 5) is 0. The van der Waals surface area contributed by atoms with Crippen molar-refractivity contribution >= 4 is 12.4 Å². The van der Waals surface area contributed by atoms with E-state index in [1.54, 1.807) is 12.1 Å². The summed E-state index contributed by atoms with van der Waals surface area (Å²) in [5.74, 6) is 0.275. The minimum atomic E-state index is 0. The Kier molecular flexibility index (Phi) is 5.76. The number of phenols is 2. The van der Waals surface area contributed by atoms with Gasteiger partial charge in [-0.2, -0.15) is 0 Å². The standard InChI is InChI=1S/C14H21NO2.ClH/c1-10(15-11-5-3-2-4-6-11)13-8-7-12(16)9-14(13)17;/h7-11,15-17H,2-6H2,1H3;1H. The highest BCUT2D eigenvalue weighted by Crippen LogP contribution is 2.29. The second-order valence-corrected chi connectivity index (χ2v) is 4.97. The molecule has 0 heterocycles. The third-order valence-electron chi connectivity index (χ3n) is 3.57. The highest BCUT2D eigenvalue weighted by Gasteiger charge is 2.18. The highest BCUT2D eigenvalue weighted by molar-refractivity contribution is 5.85. The number of halogens is 1. The Morgan fingerprint density at radius 1 is 1.17 bits per heavy atom. The molecular formula is C14H22ClNO2. The van der Waals surface area contributed by atoms with E-state index in [4.69, 9.17) is 0 Å². The number of benzene rings is 1. The summed E-state index contributed by atoms with van der Waals surface area (Å²) >= 11 is 0. The summed E-state index contributed by atoms with van der Waals surface area (Å²) in [5.41, 5.74) is 0.855. The normalized spacial score (nSPS) is 18.1. The van der Waals surface area contributed by atoms with Crippen LogP contribution in [0.2, 0.25) is 0 Å². The Bertz CT molecular complexity index is 378. The van der Waals surface area contributed by atoms with Crippen LogP contribution in [0.15, 0.2) is 18.2 Å². The quantitative estimate of drug-likeness (QED) is 0.789. The summed E-state index contributed by atoms with van der Waals surface area (Å²) in [5, 5.41) is 22.6. The third kappa shape index (κ3) is 3.79. The maximum atomic E-state index is 9.79. The number of nitrogens with one attached hydrogen (secondary N) is 1. The fourth-order valence-corrected chi connectivity index (χ4v) is 2.61. The van der Waals surface area contributed by atoms with Crippen LogP contribution in [0.4, 0.5) is 0 Å². The molecule has 102 valence electrons. The Morgan fingerprint density at radius 2 is 1.83 bits per heavy atom. The lowest BCUT2D eigenvalue weighted by molar-refractivity contribution is 0.342. The molecule has 0 radical (unpaired) electrons.